The van der Waals surface area contributed by atoms with E-state index in [2.05, 4.69) is 43.4 Å². The van der Waals surface area contributed by atoms with E-state index >= 15 is 0 Å². The fraction of sp³-hybridized carbons (Fsp3) is 0.500. The first-order valence-electron chi connectivity index (χ1n) is 4.94. The first-order chi connectivity index (χ1) is 6.41. The Bertz CT molecular complexity index is 166. The Labute approximate surface area is 87.0 Å². The Kier molecular flexibility index (Phi) is 11.1. The smallest absolute Gasteiger partial charge is 0.0257 e. The van der Waals surface area contributed by atoms with Crippen LogP contribution in [0.3, 0.4) is 0 Å². The van der Waals surface area contributed by atoms with Crippen LogP contribution in [0.2, 0.25) is 0 Å². The van der Waals surface area contributed by atoms with Gasteiger partial charge in [0.15, 0.2) is 0 Å². The molecule has 0 rings (SSSR count). The summed E-state index contributed by atoms with van der Waals surface area (Å²) in [4.78, 5) is 0. The van der Waals surface area contributed by atoms with Gasteiger partial charge in [0, 0.05) is 5.88 Å². The summed E-state index contributed by atoms with van der Waals surface area (Å²) in [5.74, 6) is 0.728. The molecule has 0 saturated carbocycles. The van der Waals surface area contributed by atoms with E-state index in [4.69, 9.17) is 11.6 Å². The molecule has 74 valence electrons. The van der Waals surface area contributed by atoms with Crippen molar-refractivity contribution in [3.8, 4) is 0 Å². The molecule has 0 radical (unpaired) electrons. The average Bonchev–Trinajstić information content (AvgIpc) is 2.16. The van der Waals surface area contributed by atoms with Crippen molar-refractivity contribution in [1.82, 2.24) is 0 Å². The van der Waals surface area contributed by atoms with Crippen molar-refractivity contribution in [3.63, 3.8) is 0 Å². The van der Waals surface area contributed by atoms with Crippen LogP contribution in [0.25, 0.3) is 0 Å². The van der Waals surface area contributed by atoms with E-state index in [9.17, 15) is 0 Å². The van der Waals surface area contributed by atoms with E-state index in [0.29, 0.717) is 0 Å². The molecular weight excluding hydrogens is 180 g/mol. The maximum atomic E-state index is 5.52. The lowest BCUT2D eigenvalue weighted by Gasteiger charge is -1.85. The predicted octanol–water partition coefficient (Wildman–Crippen LogP) is 4.47. The zero-order valence-corrected chi connectivity index (χ0v) is 9.13. The van der Waals surface area contributed by atoms with Crippen LogP contribution in [0, 0.1) is 0 Å². The number of hydrogen-bond donors (Lipinski definition) is 0. The molecule has 0 fully saturated rings. The van der Waals surface area contributed by atoms with Gasteiger partial charge in [-0.2, -0.15) is 0 Å². The number of alkyl halides is 1. The van der Waals surface area contributed by atoms with Gasteiger partial charge in [-0.05, 0) is 25.7 Å². The number of halogens is 1. The molecule has 0 unspecified atom stereocenters. The standard InChI is InChI=1S/C12H19Cl/c1-2-3-4-5-6-7-8-9-10-11-12-13/h3-6,9-10H,2,7-8,11-12H2,1H3/b4-3+,6-5-,10-9-. The number of unbranched alkanes of at least 4 members (excludes halogenated alkanes) is 1. The van der Waals surface area contributed by atoms with Crippen LogP contribution in [0.4, 0.5) is 0 Å². The zero-order chi connectivity index (χ0) is 9.78. The van der Waals surface area contributed by atoms with Crippen molar-refractivity contribution in [2.45, 2.75) is 32.6 Å². The van der Waals surface area contributed by atoms with Crippen molar-refractivity contribution in [1.29, 1.82) is 0 Å². The Morgan fingerprint density at radius 3 is 2.15 bits per heavy atom. The molecule has 0 aromatic carbocycles. The minimum absolute atomic E-state index is 0.728. The highest BCUT2D eigenvalue weighted by Gasteiger charge is 1.76. The minimum Gasteiger partial charge on any atom is -0.126 e. The number of hydrogen-bond acceptors (Lipinski definition) is 0. The highest BCUT2D eigenvalue weighted by molar-refractivity contribution is 6.17. The van der Waals surface area contributed by atoms with E-state index in [0.717, 1.165) is 31.6 Å². The molecule has 0 amide bonds. The largest absolute Gasteiger partial charge is 0.126 e. The van der Waals surface area contributed by atoms with Crippen LogP contribution in [-0.4, -0.2) is 5.88 Å². The van der Waals surface area contributed by atoms with Crippen molar-refractivity contribution in [3.05, 3.63) is 36.5 Å². The van der Waals surface area contributed by atoms with Gasteiger partial charge >= 0.3 is 0 Å². The normalized spacial score (nSPS) is 12.5. The summed E-state index contributed by atoms with van der Waals surface area (Å²) in [6, 6.07) is 0. The SMILES string of the molecule is CC/C=C/C=C\CC/C=C\CCCl. The second-order valence-corrected chi connectivity index (χ2v) is 3.17. The summed E-state index contributed by atoms with van der Waals surface area (Å²) in [7, 11) is 0. The molecule has 13 heavy (non-hydrogen) atoms. The lowest BCUT2D eigenvalue weighted by molar-refractivity contribution is 1.04. The molecule has 0 atom stereocenters. The Morgan fingerprint density at radius 2 is 1.46 bits per heavy atom. The summed E-state index contributed by atoms with van der Waals surface area (Å²) >= 11 is 5.52. The van der Waals surface area contributed by atoms with Gasteiger partial charge in [0.1, 0.15) is 0 Å². The van der Waals surface area contributed by atoms with Gasteiger partial charge in [-0.15, -0.1) is 11.6 Å². The fourth-order valence-electron chi connectivity index (χ4n) is 0.881. The van der Waals surface area contributed by atoms with Crippen molar-refractivity contribution >= 4 is 11.6 Å². The molecule has 0 aromatic heterocycles. The van der Waals surface area contributed by atoms with Crippen molar-refractivity contribution < 1.29 is 0 Å². The zero-order valence-electron chi connectivity index (χ0n) is 8.38. The minimum atomic E-state index is 0.728. The van der Waals surface area contributed by atoms with Gasteiger partial charge in [0.05, 0.1) is 0 Å². The van der Waals surface area contributed by atoms with Crippen molar-refractivity contribution in [2.24, 2.45) is 0 Å². The second-order valence-electron chi connectivity index (χ2n) is 2.79. The first kappa shape index (κ1) is 12.5. The van der Waals surface area contributed by atoms with E-state index in [1.54, 1.807) is 0 Å². The van der Waals surface area contributed by atoms with Crippen LogP contribution in [-0.2, 0) is 0 Å². The lowest BCUT2D eigenvalue weighted by atomic mass is 10.2. The van der Waals surface area contributed by atoms with E-state index in [1.807, 2.05) is 0 Å². The van der Waals surface area contributed by atoms with E-state index in [1.165, 1.54) is 0 Å². The molecule has 0 nitrogen and oxygen atoms in total. The highest BCUT2D eigenvalue weighted by Crippen LogP contribution is 1.95. The molecule has 0 saturated heterocycles. The van der Waals surface area contributed by atoms with Gasteiger partial charge in [-0.1, -0.05) is 43.4 Å². The third-order valence-electron chi connectivity index (χ3n) is 1.56. The highest BCUT2D eigenvalue weighted by atomic mass is 35.5. The van der Waals surface area contributed by atoms with Crippen LogP contribution in [0.1, 0.15) is 32.6 Å². The summed E-state index contributed by atoms with van der Waals surface area (Å²) in [6.45, 7) is 2.14. The van der Waals surface area contributed by atoms with Gasteiger partial charge in [-0.3, -0.25) is 0 Å². The monoisotopic (exact) mass is 198 g/mol. The molecule has 0 spiro atoms. The lowest BCUT2D eigenvalue weighted by Crippen LogP contribution is -1.68. The van der Waals surface area contributed by atoms with Gasteiger partial charge < -0.3 is 0 Å². The van der Waals surface area contributed by atoms with Gasteiger partial charge in [0.2, 0.25) is 0 Å². The van der Waals surface area contributed by atoms with E-state index in [-0.39, 0.29) is 0 Å². The molecule has 0 heterocycles. The van der Waals surface area contributed by atoms with Gasteiger partial charge in [-0.25, -0.2) is 0 Å². The average molecular weight is 199 g/mol. The Balaban J connectivity index is 3.24. The summed E-state index contributed by atoms with van der Waals surface area (Å²) in [6.07, 6.45) is 17.2. The fourth-order valence-corrected chi connectivity index (χ4v) is 1.01. The number of allylic oxidation sites excluding steroid dienone is 6. The van der Waals surface area contributed by atoms with Gasteiger partial charge in [0.25, 0.3) is 0 Å². The molecule has 0 aromatic rings. The maximum Gasteiger partial charge on any atom is 0.0257 e. The van der Waals surface area contributed by atoms with Crippen molar-refractivity contribution in [2.75, 3.05) is 5.88 Å². The summed E-state index contributed by atoms with van der Waals surface area (Å²) < 4.78 is 0. The summed E-state index contributed by atoms with van der Waals surface area (Å²) in [5.41, 5.74) is 0. The number of rotatable bonds is 7. The second kappa shape index (κ2) is 11.5. The Hall–Kier alpha value is -0.490. The third kappa shape index (κ3) is 11.5. The molecule has 0 aliphatic rings. The molecule has 0 aliphatic carbocycles. The topological polar surface area (TPSA) is 0 Å². The molecular formula is C12H19Cl. The van der Waals surface area contributed by atoms with Crippen LogP contribution >= 0.6 is 11.6 Å². The van der Waals surface area contributed by atoms with Crippen LogP contribution < -0.4 is 0 Å². The quantitative estimate of drug-likeness (QED) is 0.245. The third-order valence-corrected chi connectivity index (χ3v) is 1.78. The first-order valence-corrected chi connectivity index (χ1v) is 5.48. The molecule has 0 bridgehead atoms. The molecule has 0 aliphatic heterocycles. The molecule has 0 N–H and O–H groups in total. The Morgan fingerprint density at radius 1 is 0.846 bits per heavy atom. The maximum absolute atomic E-state index is 5.52. The predicted molar refractivity (Wildman–Crippen MR) is 62.3 cm³/mol. The van der Waals surface area contributed by atoms with Crippen LogP contribution in [0.15, 0.2) is 36.5 Å². The van der Waals surface area contributed by atoms with E-state index < -0.39 is 0 Å². The summed E-state index contributed by atoms with van der Waals surface area (Å²) in [5, 5.41) is 0. The molecule has 1 heteroatoms. The van der Waals surface area contributed by atoms with Crippen LogP contribution in [0.5, 0.6) is 0 Å².